The fourth-order valence-electron chi connectivity index (χ4n) is 3.24. The predicted octanol–water partition coefficient (Wildman–Crippen LogP) is 2.83. The van der Waals surface area contributed by atoms with Gasteiger partial charge in [-0.15, -0.1) is 0 Å². The van der Waals surface area contributed by atoms with Crippen LogP contribution in [0.5, 0.6) is 0 Å². The van der Waals surface area contributed by atoms with Crippen molar-refractivity contribution in [1.82, 2.24) is 14.5 Å². The van der Waals surface area contributed by atoms with Gasteiger partial charge in [-0.25, -0.2) is 9.97 Å². The van der Waals surface area contributed by atoms with Crippen LogP contribution in [0.15, 0.2) is 18.3 Å². The highest BCUT2D eigenvalue weighted by molar-refractivity contribution is 8.00. The maximum Gasteiger partial charge on any atom is 0.160 e. The lowest BCUT2D eigenvalue weighted by Gasteiger charge is -2.16. The quantitative estimate of drug-likeness (QED) is 0.871. The van der Waals surface area contributed by atoms with E-state index < -0.39 is 0 Å². The number of imidazole rings is 1. The molecule has 0 radical (unpaired) electrons. The molecule has 0 aromatic carbocycles. The van der Waals surface area contributed by atoms with Crippen LogP contribution in [-0.2, 0) is 11.2 Å². The Balaban J connectivity index is 1.74. The van der Waals surface area contributed by atoms with Crippen LogP contribution < -0.4 is 0 Å². The van der Waals surface area contributed by atoms with E-state index in [9.17, 15) is 0 Å². The van der Waals surface area contributed by atoms with Crippen LogP contribution in [0.4, 0.5) is 0 Å². The van der Waals surface area contributed by atoms with Crippen LogP contribution in [-0.4, -0.2) is 38.8 Å². The van der Waals surface area contributed by atoms with Crippen LogP contribution in [0, 0.1) is 0 Å². The molecule has 2 aliphatic heterocycles. The predicted molar refractivity (Wildman–Crippen MR) is 81.2 cm³/mol. The molecule has 2 saturated heterocycles. The Hall–Kier alpha value is -1.07. The van der Waals surface area contributed by atoms with Gasteiger partial charge in [0, 0.05) is 24.5 Å². The Morgan fingerprint density at radius 2 is 2.40 bits per heavy atom. The summed E-state index contributed by atoms with van der Waals surface area (Å²) in [5, 5.41) is 0.730. The number of thioether (sulfide) groups is 1. The molecular weight excluding hydrogens is 270 g/mol. The van der Waals surface area contributed by atoms with E-state index in [4.69, 9.17) is 9.72 Å². The minimum Gasteiger partial charge on any atom is -0.379 e. The molecule has 0 amide bonds. The molecule has 4 rings (SSSR count). The maximum atomic E-state index is 5.57. The summed E-state index contributed by atoms with van der Waals surface area (Å²) >= 11 is 2.09. The fourth-order valence-corrected chi connectivity index (χ4v) is 4.51. The largest absolute Gasteiger partial charge is 0.379 e. The summed E-state index contributed by atoms with van der Waals surface area (Å²) in [7, 11) is 0. The van der Waals surface area contributed by atoms with E-state index in [0.29, 0.717) is 6.04 Å². The van der Waals surface area contributed by atoms with Crippen molar-refractivity contribution in [3.8, 4) is 0 Å². The molecule has 5 heteroatoms. The van der Waals surface area contributed by atoms with Crippen molar-refractivity contribution in [1.29, 1.82) is 0 Å². The molecular formula is C15H19N3OS. The first-order valence-electron chi connectivity index (χ1n) is 7.43. The maximum absolute atomic E-state index is 5.57. The third-order valence-corrected chi connectivity index (χ3v) is 5.63. The Bertz CT molecular complexity index is 600. The SMILES string of the molecule is c1cnc2c(c1)nc(CC1CCCS1)n2C1CCOC1. The molecule has 4 nitrogen and oxygen atoms in total. The van der Waals surface area contributed by atoms with Crippen LogP contribution in [0.25, 0.3) is 11.2 Å². The molecule has 0 saturated carbocycles. The first-order chi connectivity index (χ1) is 9.92. The van der Waals surface area contributed by atoms with Crippen LogP contribution in [0.2, 0.25) is 0 Å². The molecule has 0 spiro atoms. The molecule has 0 aliphatic carbocycles. The molecule has 2 unspecified atom stereocenters. The smallest absolute Gasteiger partial charge is 0.160 e. The van der Waals surface area contributed by atoms with Gasteiger partial charge in [-0.05, 0) is 37.1 Å². The lowest BCUT2D eigenvalue weighted by molar-refractivity contribution is 0.186. The molecule has 20 heavy (non-hydrogen) atoms. The number of ether oxygens (including phenoxy) is 1. The molecule has 0 N–H and O–H groups in total. The van der Waals surface area contributed by atoms with E-state index in [-0.39, 0.29) is 0 Å². The van der Waals surface area contributed by atoms with Gasteiger partial charge in [-0.1, -0.05) is 0 Å². The van der Waals surface area contributed by atoms with Crippen molar-refractivity contribution in [3.05, 3.63) is 24.2 Å². The summed E-state index contributed by atoms with van der Waals surface area (Å²) in [6.07, 6.45) is 6.68. The van der Waals surface area contributed by atoms with Crippen molar-refractivity contribution < 1.29 is 4.74 Å². The van der Waals surface area contributed by atoms with Gasteiger partial charge in [0.25, 0.3) is 0 Å². The Morgan fingerprint density at radius 3 is 3.20 bits per heavy atom. The van der Waals surface area contributed by atoms with Gasteiger partial charge in [0.2, 0.25) is 0 Å². The zero-order valence-corrected chi connectivity index (χ0v) is 12.3. The van der Waals surface area contributed by atoms with E-state index in [1.165, 1.54) is 24.4 Å². The monoisotopic (exact) mass is 289 g/mol. The molecule has 2 aromatic rings. The first kappa shape index (κ1) is 12.7. The normalized spacial score (nSPS) is 26.6. The van der Waals surface area contributed by atoms with Gasteiger partial charge >= 0.3 is 0 Å². The zero-order chi connectivity index (χ0) is 13.4. The summed E-state index contributed by atoms with van der Waals surface area (Å²) in [5.41, 5.74) is 2.05. The summed E-state index contributed by atoms with van der Waals surface area (Å²) in [6, 6.07) is 4.45. The minimum absolute atomic E-state index is 0.413. The molecule has 2 fully saturated rings. The average molecular weight is 289 g/mol. The lowest BCUT2D eigenvalue weighted by Crippen LogP contribution is -2.16. The highest BCUT2D eigenvalue weighted by Crippen LogP contribution is 2.32. The van der Waals surface area contributed by atoms with Crippen molar-refractivity contribution in [2.24, 2.45) is 0 Å². The van der Waals surface area contributed by atoms with Crippen molar-refractivity contribution >= 4 is 22.9 Å². The molecule has 4 heterocycles. The number of hydrogen-bond donors (Lipinski definition) is 0. The summed E-state index contributed by atoms with van der Waals surface area (Å²) < 4.78 is 7.92. The summed E-state index contributed by atoms with van der Waals surface area (Å²) in [5.74, 6) is 2.50. The third kappa shape index (κ3) is 2.23. The van der Waals surface area contributed by atoms with Gasteiger partial charge in [-0.3, -0.25) is 0 Å². The van der Waals surface area contributed by atoms with Crippen LogP contribution in [0.3, 0.4) is 0 Å². The highest BCUT2D eigenvalue weighted by Gasteiger charge is 2.26. The van der Waals surface area contributed by atoms with Crippen molar-refractivity contribution in [3.63, 3.8) is 0 Å². The van der Waals surface area contributed by atoms with E-state index in [1.807, 2.05) is 12.3 Å². The standard InChI is InChI=1S/C15H19N3OS/c1-4-13-15(16-6-1)18(11-5-7-19-10-11)14(17-13)9-12-3-2-8-20-12/h1,4,6,11-12H,2-3,5,7-10H2. The minimum atomic E-state index is 0.413. The van der Waals surface area contributed by atoms with Gasteiger partial charge in [0.15, 0.2) is 5.65 Å². The molecule has 2 aromatic heterocycles. The topological polar surface area (TPSA) is 39.9 Å². The van der Waals surface area contributed by atoms with Crippen molar-refractivity contribution in [2.45, 2.75) is 37.0 Å². The second-order valence-corrected chi connectivity index (χ2v) is 7.01. The molecule has 2 atom stereocenters. The number of hydrogen-bond acceptors (Lipinski definition) is 4. The van der Waals surface area contributed by atoms with Crippen LogP contribution in [0.1, 0.15) is 31.1 Å². The number of nitrogens with zero attached hydrogens (tertiary/aromatic N) is 3. The second kappa shape index (κ2) is 5.37. The number of pyridine rings is 1. The highest BCUT2D eigenvalue weighted by atomic mass is 32.2. The Morgan fingerprint density at radius 1 is 1.40 bits per heavy atom. The van der Waals surface area contributed by atoms with Crippen molar-refractivity contribution in [2.75, 3.05) is 19.0 Å². The molecule has 0 bridgehead atoms. The molecule has 106 valence electrons. The summed E-state index contributed by atoms with van der Waals surface area (Å²) in [4.78, 5) is 9.41. The number of aromatic nitrogens is 3. The van der Waals surface area contributed by atoms with Gasteiger partial charge in [0.05, 0.1) is 12.6 Å². The lowest BCUT2D eigenvalue weighted by atomic mass is 10.2. The number of rotatable bonds is 3. The van der Waals surface area contributed by atoms with E-state index in [0.717, 1.165) is 42.5 Å². The Kier molecular flexibility index (Phi) is 3.40. The van der Waals surface area contributed by atoms with E-state index >= 15 is 0 Å². The van der Waals surface area contributed by atoms with Gasteiger partial charge in [0.1, 0.15) is 11.3 Å². The van der Waals surface area contributed by atoms with E-state index in [2.05, 4.69) is 27.4 Å². The van der Waals surface area contributed by atoms with E-state index in [1.54, 1.807) is 0 Å². The average Bonchev–Trinajstić information content (AvgIpc) is 3.18. The summed E-state index contributed by atoms with van der Waals surface area (Å²) in [6.45, 7) is 1.65. The van der Waals surface area contributed by atoms with Gasteiger partial charge in [-0.2, -0.15) is 11.8 Å². The van der Waals surface area contributed by atoms with Gasteiger partial charge < -0.3 is 9.30 Å². The molecule has 2 aliphatic rings. The fraction of sp³-hybridized carbons (Fsp3) is 0.600. The number of fused-ring (bicyclic) bond motifs is 1. The zero-order valence-electron chi connectivity index (χ0n) is 11.5. The second-order valence-electron chi connectivity index (χ2n) is 5.60. The Labute approximate surface area is 122 Å². The van der Waals surface area contributed by atoms with Crippen LogP contribution >= 0.6 is 11.8 Å². The third-order valence-electron chi connectivity index (χ3n) is 4.23. The first-order valence-corrected chi connectivity index (χ1v) is 8.48.